The number of hydrogen-bond donors (Lipinski definition) is 2. The van der Waals surface area contributed by atoms with Gasteiger partial charge in [0.15, 0.2) is 5.82 Å². The van der Waals surface area contributed by atoms with Crippen LogP contribution in [-0.4, -0.2) is 32.6 Å². The molecule has 6 nitrogen and oxygen atoms in total. The normalized spacial score (nSPS) is 12.2. The van der Waals surface area contributed by atoms with Gasteiger partial charge in [-0.15, -0.1) is 10.2 Å². The van der Waals surface area contributed by atoms with Crippen LogP contribution in [0.4, 0.5) is 0 Å². The first-order valence-electron chi connectivity index (χ1n) is 6.54. The highest BCUT2D eigenvalue weighted by Crippen LogP contribution is 2.30. The highest BCUT2D eigenvalue weighted by Gasteiger charge is 2.20. The number of nitrogen functional groups attached to an aromatic ring is 1. The molecule has 9 heteroatoms. The summed E-state index contributed by atoms with van der Waals surface area (Å²) >= 11 is 13.3. The summed E-state index contributed by atoms with van der Waals surface area (Å²) in [4.78, 5) is 11.8. The van der Waals surface area contributed by atoms with Crippen molar-refractivity contribution < 1.29 is 4.79 Å². The lowest BCUT2D eigenvalue weighted by Crippen LogP contribution is -2.31. The Morgan fingerprint density at radius 2 is 2.18 bits per heavy atom. The first kappa shape index (κ1) is 16.9. The Labute approximate surface area is 142 Å². The number of nitrogens with zero attached hydrogens (tertiary/aromatic N) is 3. The summed E-state index contributed by atoms with van der Waals surface area (Å²) in [7, 11) is 0. The molecule has 0 fully saturated rings. The van der Waals surface area contributed by atoms with Gasteiger partial charge >= 0.3 is 0 Å². The van der Waals surface area contributed by atoms with Crippen LogP contribution < -0.4 is 11.2 Å². The molecule has 0 aliphatic heterocycles. The molecule has 0 radical (unpaired) electrons. The van der Waals surface area contributed by atoms with E-state index < -0.39 is 0 Å². The molecule has 2 aromatic rings. The van der Waals surface area contributed by atoms with Gasteiger partial charge in [-0.2, -0.15) is 0 Å². The molecule has 1 aromatic heterocycles. The minimum atomic E-state index is -0.333. The van der Waals surface area contributed by atoms with Crippen molar-refractivity contribution >= 4 is 40.9 Å². The van der Waals surface area contributed by atoms with Gasteiger partial charge in [-0.1, -0.05) is 35.0 Å². The lowest BCUT2D eigenvalue weighted by atomic mass is 10.2. The fourth-order valence-corrected chi connectivity index (χ4v) is 3.03. The van der Waals surface area contributed by atoms with E-state index in [1.807, 2.05) is 6.92 Å². The third kappa shape index (κ3) is 3.66. The van der Waals surface area contributed by atoms with Crippen molar-refractivity contribution in [3.05, 3.63) is 28.2 Å². The number of amides is 1. The number of nitrogens with two attached hydrogens (primary N) is 1. The van der Waals surface area contributed by atoms with Gasteiger partial charge in [-0.3, -0.25) is 4.79 Å². The number of thioether (sulfide) groups is 1. The second-order valence-corrected chi connectivity index (χ2v) is 6.61. The summed E-state index contributed by atoms with van der Waals surface area (Å²) in [6, 6.07) is 5.03. The molecule has 2 rings (SSSR count). The maximum absolute atomic E-state index is 11.8. The molecule has 0 saturated heterocycles. The van der Waals surface area contributed by atoms with E-state index in [1.54, 1.807) is 25.1 Å². The van der Waals surface area contributed by atoms with Gasteiger partial charge in [0.25, 0.3) is 0 Å². The molecule has 0 aliphatic rings. The Bertz CT molecular complexity index is 691. The summed E-state index contributed by atoms with van der Waals surface area (Å²) in [5.74, 6) is 6.34. The van der Waals surface area contributed by atoms with Crippen molar-refractivity contribution in [3.8, 4) is 11.4 Å². The number of carbonyl (C=O) groups is 1. The number of aromatic nitrogens is 3. The Morgan fingerprint density at radius 3 is 2.82 bits per heavy atom. The first-order chi connectivity index (χ1) is 10.4. The largest absolute Gasteiger partial charge is 0.355 e. The Balaban J connectivity index is 2.24. The van der Waals surface area contributed by atoms with Crippen LogP contribution in [0.2, 0.25) is 10.0 Å². The molecular weight excluding hydrogens is 345 g/mol. The molecule has 1 atom stereocenters. The fourth-order valence-electron chi connectivity index (χ4n) is 1.74. The molecule has 0 bridgehead atoms. The molecule has 0 aliphatic carbocycles. The van der Waals surface area contributed by atoms with Crippen molar-refractivity contribution in [3.63, 3.8) is 0 Å². The van der Waals surface area contributed by atoms with E-state index in [9.17, 15) is 4.79 Å². The van der Waals surface area contributed by atoms with Crippen LogP contribution >= 0.6 is 35.0 Å². The molecule has 3 N–H and O–H groups in total. The van der Waals surface area contributed by atoms with E-state index in [0.29, 0.717) is 33.1 Å². The molecular formula is C13H15Cl2N5OS. The summed E-state index contributed by atoms with van der Waals surface area (Å²) in [5.41, 5.74) is 0.624. The van der Waals surface area contributed by atoms with Crippen molar-refractivity contribution in [2.45, 2.75) is 24.3 Å². The fraction of sp³-hybridized carbons (Fsp3) is 0.308. The first-order valence-corrected chi connectivity index (χ1v) is 8.17. The molecule has 0 unspecified atom stereocenters. The van der Waals surface area contributed by atoms with Gasteiger partial charge in [0.2, 0.25) is 11.1 Å². The van der Waals surface area contributed by atoms with Crippen LogP contribution in [0, 0.1) is 0 Å². The number of carbonyl (C=O) groups excluding carboxylic acids is 1. The van der Waals surface area contributed by atoms with E-state index in [1.165, 1.54) is 16.4 Å². The summed E-state index contributed by atoms with van der Waals surface area (Å²) < 4.78 is 1.31. The molecule has 118 valence electrons. The highest BCUT2D eigenvalue weighted by atomic mass is 35.5. The number of rotatable bonds is 5. The van der Waals surface area contributed by atoms with E-state index >= 15 is 0 Å². The van der Waals surface area contributed by atoms with Crippen LogP contribution in [0.1, 0.15) is 13.8 Å². The zero-order valence-electron chi connectivity index (χ0n) is 12.0. The van der Waals surface area contributed by atoms with E-state index in [-0.39, 0.29) is 11.2 Å². The molecule has 0 spiro atoms. The summed E-state index contributed by atoms with van der Waals surface area (Å²) in [6.07, 6.45) is 0. The Hall–Kier alpha value is -1.44. The number of halogens is 2. The van der Waals surface area contributed by atoms with Crippen LogP contribution in [-0.2, 0) is 4.79 Å². The number of nitrogens with one attached hydrogen (secondary N) is 1. The second kappa shape index (κ2) is 7.21. The quantitative estimate of drug-likeness (QED) is 0.632. The van der Waals surface area contributed by atoms with Gasteiger partial charge in [-0.25, -0.2) is 4.68 Å². The Kier molecular flexibility index (Phi) is 5.55. The lowest BCUT2D eigenvalue weighted by molar-refractivity contribution is -0.120. The second-order valence-electron chi connectivity index (χ2n) is 4.46. The summed E-state index contributed by atoms with van der Waals surface area (Å²) in [6.45, 7) is 4.21. The van der Waals surface area contributed by atoms with Crippen molar-refractivity contribution in [1.82, 2.24) is 20.2 Å². The monoisotopic (exact) mass is 359 g/mol. The molecule has 1 amide bonds. The van der Waals surface area contributed by atoms with Crippen molar-refractivity contribution in [2.24, 2.45) is 0 Å². The average Bonchev–Trinajstić information content (AvgIpc) is 2.81. The SMILES string of the molecule is CCNC(=O)[C@@H](C)Sc1nnc(-c2ccc(Cl)cc2Cl)n1N. The minimum absolute atomic E-state index is 0.0819. The van der Waals surface area contributed by atoms with E-state index in [2.05, 4.69) is 15.5 Å². The van der Waals surface area contributed by atoms with Crippen molar-refractivity contribution in [2.75, 3.05) is 12.4 Å². The third-order valence-corrected chi connectivity index (χ3v) is 4.44. The maximum atomic E-state index is 11.8. The molecule has 1 aromatic carbocycles. The zero-order chi connectivity index (χ0) is 16.3. The maximum Gasteiger partial charge on any atom is 0.233 e. The van der Waals surface area contributed by atoms with Gasteiger partial charge < -0.3 is 11.2 Å². The number of benzene rings is 1. The number of hydrogen-bond acceptors (Lipinski definition) is 5. The topological polar surface area (TPSA) is 85.8 Å². The van der Waals surface area contributed by atoms with Gasteiger partial charge in [-0.05, 0) is 32.0 Å². The smallest absolute Gasteiger partial charge is 0.233 e. The van der Waals surface area contributed by atoms with Crippen LogP contribution in [0.25, 0.3) is 11.4 Å². The molecule has 0 saturated carbocycles. The Morgan fingerprint density at radius 1 is 1.45 bits per heavy atom. The summed E-state index contributed by atoms with van der Waals surface area (Å²) in [5, 5.41) is 11.9. The van der Waals surface area contributed by atoms with E-state index in [0.717, 1.165) is 0 Å². The van der Waals surface area contributed by atoms with Gasteiger partial charge in [0.05, 0.1) is 10.3 Å². The highest BCUT2D eigenvalue weighted by molar-refractivity contribution is 8.00. The molecule has 1 heterocycles. The van der Waals surface area contributed by atoms with Crippen molar-refractivity contribution in [1.29, 1.82) is 0 Å². The standard InChI is InChI=1S/C13H15Cl2N5OS/c1-3-17-12(21)7(2)22-13-19-18-11(20(13)16)9-5-4-8(14)6-10(9)15/h4-7H,3,16H2,1-2H3,(H,17,21)/t7-/m1/s1. The minimum Gasteiger partial charge on any atom is -0.355 e. The van der Waals surface area contributed by atoms with Crippen LogP contribution in [0.5, 0.6) is 0 Å². The third-order valence-electron chi connectivity index (χ3n) is 2.84. The van der Waals surface area contributed by atoms with Gasteiger partial charge in [0, 0.05) is 17.1 Å². The van der Waals surface area contributed by atoms with E-state index in [4.69, 9.17) is 29.0 Å². The van der Waals surface area contributed by atoms with Crippen LogP contribution in [0.3, 0.4) is 0 Å². The van der Waals surface area contributed by atoms with Crippen LogP contribution in [0.15, 0.2) is 23.4 Å². The molecule has 22 heavy (non-hydrogen) atoms. The van der Waals surface area contributed by atoms with Gasteiger partial charge in [0.1, 0.15) is 0 Å². The predicted molar refractivity (Wildman–Crippen MR) is 89.6 cm³/mol. The lowest BCUT2D eigenvalue weighted by Gasteiger charge is -2.10. The predicted octanol–water partition coefficient (Wildman–Crippen LogP) is 2.58. The zero-order valence-corrected chi connectivity index (χ0v) is 14.3. The average molecular weight is 360 g/mol.